The lowest BCUT2D eigenvalue weighted by Crippen LogP contribution is -2.72. The van der Waals surface area contributed by atoms with Gasteiger partial charge in [-0.25, -0.2) is 9.97 Å². The average molecular weight is 701 g/mol. The number of methoxy groups -OCH3 is 1. The standard InChI is InChI=1S/C37H39Cl2N7O3/c1-22(47)45-20-37(21-45)18-44(19-37)16-23-10-13-28(42-36(23)49-3)27-8-4-6-25(32(27)38)26-7-5-9-29(33(26)39)41-35(48)34-40-30-17-43(2)15-14-31(30)46(34)24-11-12-24/h4-10,13,24H,11-12,14-21H2,1-3H3,(H,41,48). The number of likely N-dealkylation sites (tertiary alicyclic amines) is 2. The molecule has 0 atom stereocenters. The fourth-order valence-electron chi connectivity index (χ4n) is 7.73. The van der Waals surface area contributed by atoms with Gasteiger partial charge in [-0.1, -0.05) is 59.6 Å². The number of pyridine rings is 1. The Balaban J connectivity index is 1.02. The molecule has 49 heavy (non-hydrogen) atoms. The molecule has 8 rings (SSSR count). The molecule has 3 aliphatic heterocycles. The van der Waals surface area contributed by atoms with E-state index in [4.69, 9.17) is 37.9 Å². The van der Waals surface area contributed by atoms with Crippen LogP contribution in [0.2, 0.25) is 10.0 Å². The Hall–Kier alpha value is -3.96. The number of hydrogen-bond acceptors (Lipinski definition) is 7. The molecule has 0 unspecified atom stereocenters. The summed E-state index contributed by atoms with van der Waals surface area (Å²) < 4.78 is 7.89. The molecule has 1 N–H and O–H groups in total. The number of ether oxygens (including phenoxy) is 1. The van der Waals surface area contributed by atoms with E-state index < -0.39 is 0 Å². The molecule has 2 amide bonds. The highest BCUT2D eigenvalue weighted by atomic mass is 35.5. The van der Waals surface area contributed by atoms with Crippen molar-refractivity contribution in [2.45, 2.75) is 45.3 Å². The van der Waals surface area contributed by atoms with Crippen molar-refractivity contribution in [3.05, 3.63) is 81.4 Å². The molecule has 1 aliphatic carbocycles. The molecular formula is C37H39Cl2N7O3. The molecule has 1 spiro atoms. The summed E-state index contributed by atoms with van der Waals surface area (Å²) in [6, 6.07) is 15.7. The second-order valence-electron chi connectivity index (χ2n) is 14.1. The van der Waals surface area contributed by atoms with Crippen molar-refractivity contribution in [3.8, 4) is 28.3 Å². The Kier molecular flexibility index (Phi) is 8.18. The van der Waals surface area contributed by atoms with Crippen LogP contribution in [0.4, 0.5) is 5.69 Å². The molecule has 1 saturated carbocycles. The smallest absolute Gasteiger partial charge is 0.291 e. The molecule has 4 aromatic rings. The van der Waals surface area contributed by atoms with E-state index in [1.54, 1.807) is 20.1 Å². The summed E-state index contributed by atoms with van der Waals surface area (Å²) in [7, 11) is 3.71. The van der Waals surface area contributed by atoms with Crippen molar-refractivity contribution in [1.29, 1.82) is 0 Å². The van der Waals surface area contributed by atoms with Crippen molar-refractivity contribution in [3.63, 3.8) is 0 Å². The van der Waals surface area contributed by atoms with Gasteiger partial charge in [0.2, 0.25) is 11.8 Å². The zero-order chi connectivity index (χ0) is 34.0. The van der Waals surface area contributed by atoms with E-state index in [1.807, 2.05) is 47.4 Å². The van der Waals surface area contributed by atoms with Gasteiger partial charge in [0.25, 0.3) is 5.91 Å². The predicted octanol–water partition coefficient (Wildman–Crippen LogP) is 6.17. The second kappa shape index (κ2) is 12.4. The number of rotatable bonds is 8. The number of aromatic nitrogens is 3. The zero-order valence-corrected chi connectivity index (χ0v) is 29.4. The first-order chi connectivity index (χ1) is 23.6. The highest BCUT2D eigenvalue weighted by Gasteiger charge is 2.52. The highest BCUT2D eigenvalue weighted by Crippen LogP contribution is 2.44. The van der Waals surface area contributed by atoms with Crippen LogP contribution in [0.25, 0.3) is 22.4 Å². The van der Waals surface area contributed by atoms with E-state index in [9.17, 15) is 9.59 Å². The summed E-state index contributed by atoms with van der Waals surface area (Å²) in [4.78, 5) is 41.5. The first-order valence-corrected chi connectivity index (χ1v) is 17.6. The van der Waals surface area contributed by atoms with Crippen LogP contribution in [0.5, 0.6) is 5.88 Å². The second-order valence-corrected chi connectivity index (χ2v) is 14.8. The van der Waals surface area contributed by atoms with Gasteiger partial charge in [0.1, 0.15) is 0 Å². The summed E-state index contributed by atoms with van der Waals surface area (Å²) in [6.07, 6.45) is 3.02. The van der Waals surface area contributed by atoms with Gasteiger partial charge in [0.05, 0.1) is 34.2 Å². The number of hydrogen-bond donors (Lipinski definition) is 1. The van der Waals surface area contributed by atoms with Crippen LogP contribution in [0.1, 0.15) is 53.4 Å². The zero-order valence-electron chi connectivity index (χ0n) is 27.9. The predicted molar refractivity (Wildman–Crippen MR) is 190 cm³/mol. The number of benzene rings is 2. The third-order valence-corrected chi connectivity index (χ3v) is 11.1. The van der Waals surface area contributed by atoms with Crippen LogP contribution >= 0.6 is 23.2 Å². The van der Waals surface area contributed by atoms with Gasteiger partial charge >= 0.3 is 0 Å². The van der Waals surface area contributed by atoms with Crippen LogP contribution in [0, 0.1) is 5.41 Å². The lowest BCUT2D eigenvalue weighted by atomic mass is 9.72. The third kappa shape index (κ3) is 5.88. The molecule has 254 valence electrons. The fraction of sp³-hybridized carbons (Fsp3) is 0.405. The molecule has 5 heterocycles. The Morgan fingerprint density at radius 2 is 1.67 bits per heavy atom. The molecule has 4 aliphatic rings. The Labute approximate surface area is 296 Å². The number of imidazole rings is 1. The minimum Gasteiger partial charge on any atom is -0.481 e. The number of amides is 2. The summed E-state index contributed by atoms with van der Waals surface area (Å²) in [5, 5.41) is 3.95. The van der Waals surface area contributed by atoms with E-state index in [0.717, 1.165) is 87.5 Å². The maximum Gasteiger partial charge on any atom is 0.291 e. The molecule has 10 nitrogen and oxygen atoms in total. The summed E-state index contributed by atoms with van der Waals surface area (Å²) in [6.45, 7) is 7.64. The molecular weight excluding hydrogens is 661 g/mol. The molecule has 3 fully saturated rings. The van der Waals surface area contributed by atoms with E-state index >= 15 is 0 Å². The van der Waals surface area contributed by atoms with Crippen molar-refractivity contribution in [2.75, 3.05) is 52.2 Å². The largest absolute Gasteiger partial charge is 0.481 e. The molecule has 0 bridgehead atoms. The van der Waals surface area contributed by atoms with Crippen molar-refractivity contribution in [2.24, 2.45) is 5.41 Å². The number of likely N-dealkylation sites (N-methyl/N-ethyl adjacent to an activating group) is 1. The maximum atomic E-state index is 13.7. The van der Waals surface area contributed by atoms with Gasteiger partial charge in [-0.15, -0.1) is 0 Å². The molecule has 2 aromatic heterocycles. The van der Waals surface area contributed by atoms with Gasteiger partial charge in [-0.05, 0) is 32.0 Å². The molecule has 2 saturated heterocycles. The van der Waals surface area contributed by atoms with Crippen LogP contribution < -0.4 is 10.1 Å². The highest BCUT2D eigenvalue weighted by molar-refractivity contribution is 6.39. The number of halogens is 2. The Bertz CT molecular complexity index is 1980. The number of fused-ring (bicyclic) bond motifs is 1. The Morgan fingerprint density at radius 1 is 0.959 bits per heavy atom. The van der Waals surface area contributed by atoms with Gasteiger partial charge in [-0.3, -0.25) is 14.5 Å². The number of anilines is 1. The summed E-state index contributed by atoms with van der Waals surface area (Å²) >= 11 is 14.1. The summed E-state index contributed by atoms with van der Waals surface area (Å²) in [5.41, 5.74) is 6.76. The minimum absolute atomic E-state index is 0.147. The van der Waals surface area contributed by atoms with E-state index in [1.165, 1.54) is 5.69 Å². The van der Waals surface area contributed by atoms with Gasteiger partial charge < -0.3 is 24.4 Å². The van der Waals surface area contributed by atoms with Crippen LogP contribution in [0.15, 0.2) is 48.5 Å². The maximum absolute atomic E-state index is 13.7. The fourth-order valence-corrected chi connectivity index (χ4v) is 8.33. The first-order valence-electron chi connectivity index (χ1n) is 16.8. The lowest BCUT2D eigenvalue weighted by Gasteiger charge is -2.60. The quantitative estimate of drug-likeness (QED) is 0.235. The van der Waals surface area contributed by atoms with Gasteiger partial charge in [0, 0.05) is 98.6 Å². The van der Waals surface area contributed by atoms with E-state index in [-0.39, 0.29) is 17.2 Å². The van der Waals surface area contributed by atoms with Crippen LogP contribution in [-0.2, 0) is 24.3 Å². The van der Waals surface area contributed by atoms with Gasteiger partial charge in [-0.2, -0.15) is 0 Å². The van der Waals surface area contributed by atoms with E-state index in [2.05, 4.69) is 26.7 Å². The lowest BCUT2D eigenvalue weighted by molar-refractivity contribution is -0.157. The van der Waals surface area contributed by atoms with Crippen LogP contribution in [-0.4, -0.2) is 87.9 Å². The Morgan fingerprint density at radius 3 is 2.39 bits per heavy atom. The first kappa shape index (κ1) is 32.3. The summed E-state index contributed by atoms with van der Waals surface area (Å²) in [5.74, 6) is 0.885. The molecule has 0 radical (unpaired) electrons. The third-order valence-electron chi connectivity index (χ3n) is 10.3. The van der Waals surface area contributed by atoms with Crippen molar-refractivity contribution >= 4 is 40.7 Å². The normalized spacial score (nSPS) is 18.5. The van der Waals surface area contributed by atoms with Crippen molar-refractivity contribution < 1.29 is 14.3 Å². The number of carbonyl (C=O) groups excluding carboxylic acids is 2. The topological polar surface area (TPSA) is 95.8 Å². The van der Waals surface area contributed by atoms with Crippen molar-refractivity contribution in [1.82, 2.24) is 29.2 Å². The van der Waals surface area contributed by atoms with Crippen LogP contribution in [0.3, 0.4) is 0 Å². The SMILES string of the molecule is COc1nc(-c2cccc(-c3cccc(NC(=O)c4nc5c(n4C4CC4)CCN(C)C5)c3Cl)c2Cl)ccc1CN1CC2(C1)CN(C(C)=O)C2. The monoisotopic (exact) mass is 699 g/mol. The van der Waals surface area contributed by atoms with E-state index in [0.29, 0.717) is 44.7 Å². The number of nitrogens with one attached hydrogen (secondary N) is 1. The minimum atomic E-state index is -0.265. The average Bonchev–Trinajstić information content (AvgIpc) is 3.82. The number of carbonyl (C=O) groups is 2. The number of nitrogens with zero attached hydrogens (tertiary/aromatic N) is 6. The molecule has 12 heteroatoms. The molecule has 2 aromatic carbocycles. The van der Waals surface area contributed by atoms with Gasteiger partial charge in [0.15, 0.2) is 5.82 Å².